The average molecular weight is 406 g/mol. The minimum absolute atomic E-state index is 0.0176. The van der Waals surface area contributed by atoms with E-state index >= 15 is 0 Å². The van der Waals surface area contributed by atoms with Crippen LogP contribution in [0.15, 0.2) is 58.6 Å². The van der Waals surface area contributed by atoms with Gasteiger partial charge in [0.05, 0.1) is 18.0 Å². The monoisotopic (exact) mass is 406 g/mol. The lowest BCUT2D eigenvalue weighted by Gasteiger charge is -2.21. The highest BCUT2D eigenvalue weighted by molar-refractivity contribution is 6.83. The van der Waals surface area contributed by atoms with Gasteiger partial charge in [0.25, 0.3) is 5.91 Å². The van der Waals surface area contributed by atoms with E-state index < -0.39 is 11.9 Å². The largest absolute Gasteiger partial charge is 0.461 e. The fourth-order valence-corrected chi connectivity index (χ4v) is 3.25. The highest BCUT2D eigenvalue weighted by Gasteiger charge is 2.37. The maximum atomic E-state index is 13.1. The minimum Gasteiger partial charge on any atom is -0.461 e. The van der Waals surface area contributed by atoms with Crippen LogP contribution in [-0.2, 0) is 14.3 Å². The van der Waals surface area contributed by atoms with E-state index in [0.29, 0.717) is 11.4 Å². The first-order valence-electron chi connectivity index (χ1n) is 10.1. The van der Waals surface area contributed by atoms with E-state index in [1.165, 1.54) is 5.01 Å². The zero-order valence-electron chi connectivity index (χ0n) is 17.8. The molecule has 0 N–H and O–H groups in total. The minimum atomic E-state index is -0.666. The molecule has 1 aliphatic heterocycles. The highest BCUT2D eigenvalue weighted by atomic mass is 16.5. The summed E-state index contributed by atoms with van der Waals surface area (Å²) in [4.78, 5) is 32.3. The lowest BCUT2D eigenvalue weighted by atomic mass is 10.1. The van der Waals surface area contributed by atoms with Gasteiger partial charge in [-0.25, -0.2) is 9.79 Å². The number of nitrogens with zero attached hydrogens (tertiary/aromatic N) is 4. The second-order valence-electron chi connectivity index (χ2n) is 6.73. The SMILES string of the molecule is CCOC(=O)C1=NN(c2ccccc2)C(=O)C1=Nc1ccc(N(CC)CC)cc1C. The predicted molar refractivity (Wildman–Crippen MR) is 120 cm³/mol. The van der Waals surface area contributed by atoms with Crippen molar-refractivity contribution >= 4 is 40.4 Å². The summed E-state index contributed by atoms with van der Waals surface area (Å²) in [6, 6.07) is 14.8. The van der Waals surface area contributed by atoms with E-state index in [1.807, 2.05) is 31.2 Å². The normalized spacial score (nSPS) is 14.8. The molecule has 0 spiro atoms. The molecule has 3 rings (SSSR count). The van der Waals surface area contributed by atoms with Crippen molar-refractivity contribution in [2.75, 3.05) is 29.6 Å². The molecule has 0 aliphatic carbocycles. The van der Waals surface area contributed by atoms with Gasteiger partial charge in [-0.15, -0.1) is 0 Å². The highest BCUT2D eigenvalue weighted by Crippen LogP contribution is 2.27. The standard InChI is InChI=1S/C23H26N4O3/c1-5-26(6-2)18-13-14-19(16(4)15-18)24-20-21(23(29)30-7-3)25-27(22(20)28)17-11-9-8-10-12-17/h8-15H,5-7H2,1-4H3. The molecule has 156 valence electrons. The number of rotatable bonds is 7. The predicted octanol–water partition coefficient (Wildman–Crippen LogP) is 3.88. The molecule has 7 heteroatoms. The molecule has 0 radical (unpaired) electrons. The zero-order valence-corrected chi connectivity index (χ0v) is 17.8. The number of hydrogen-bond acceptors (Lipinski definition) is 6. The molecule has 1 aliphatic rings. The van der Waals surface area contributed by atoms with Gasteiger partial charge in [-0.1, -0.05) is 18.2 Å². The van der Waals surface area contributed by atoms with Crippen LogP contribution in [-0.4, -0.2) is 43.0 Å². The first-order chi connectivity index (χ1) is 14.5. The van der Waals surface area contributed by atoms with Gasteiger partial charge in [0, 0.05) is 18.8 Å². The number of esters is 1. The van der Waals surface area contributed by atoms with Crippen LogP contribution in [0.4, 0.5) is 17.1 Å². The Bertz CT molecular complexity index is 995. The van der Waals surface area contributed by atoms with E-state index in [9.17, 15) is 9.59 Å². The number of carbonyl (C=O) groups excluding carboxylic acids is 2. The topological polar surface area (TPSA) is 74.6 Å². The number of amides is 1. The van der Waals surface area contributed by atoms with Crippen molar-refractivity contribution in [3.8, 4) is 0 Å². The van der Waals surface area contributed by atoms with E-state index in [1.54, 1.807) is 31.2 Å². The van der Waals surface area contributed by atoms with Gasteiger partial charge in [-0.2, -0.15) is 10.1 Å². The van der Waals surface area contributed by atoms with Crippen molar-refractivity contribution in [2.24, 2.45) is 10.1 Å². The van der Waals surface area contributed by atoms with Gasteiger partial charge in [0.1, 0.15) is 0 Å². The fraction of sp³-hybridized carbons (Fsp3) is 0.304. The molecule has 7 nitrogen and oxygen atoms in total. The Hall–Kier alpha value is -3.48. The van der Waals surface area contributed by atoms with Crippen LogP contribution >= 0.6 is 0 Å². The number of carbonyl (C=O) groups is 2. The fourth-order valence-electron chi connectivity index (χ4n) is 3.25. The number of para-hydroxylation sites is 1. The Labute approximate surface area is 176 Å². The molecule has 30 heavy (non-hydrogen) atoms. The van der Waals surface area contributed by atoms with Crippen LogP contribution < -0.4 is 9.91 Å². The van der Waals surface area contributed by atoms with Crippen molar-refractivity contribution in [3.05, 3.63) is 54.1 Å². The second kappa shape index (κ2) is 9.35. The molecule has 0 atom stereocenters. The molecule has 0 aromatic heterocycles. The first-order valence-corrected chi connectivity index (χ1v) is 10.1. The summed E-state index contributed by atoms with van der Waals surface area (Å²) in [5.41, 5.74) is 3.06. The summed E-state index contributed by atoms with van der Waals surface area (Å²) < 4.78 is 5.10. The van der Waals surface area contributed by atoms with Crippen LogP contribution in [0.2, 0.25) is 0 Å². The number of ether oxygens (including phenoxy) is 1. The number of hydrogen-bond donors (Lipinski definition) is 0. The lowest BCUT2D eigenvalue weighted by Crippen LogP contribution is -2.30. The second-order valence-corrected chi connectivity index (χ2v) is 6.73. The van der Waals surface area contributed by atoms with Gasteiger partial charge in [-0.3, -0.25) is 4.79 Å². The quantitative estimate of drug-likeness (QED) is 0.654. The van der Waals surface area contributed by atoms with E-state index in [-0.39, 0.29) is 18.0 Å². The average Bonchev–Trinajstić information content (AvgIpc) is 3.08. The molecule has 0 bridgehead atoms. The molecular formula is C23H26N4O3. The Morgan fingerprint density at radius 3 is 2.40 bits per heavy atom. The van der Waals surface area contributed by atoms with Crippen molar-refractivity contribution in [1.82, 2.24) is 0 Å². The summed E-state index contributed by atoms with van der Waals surface area (Å²) in [7, 11) is 0. The third kappa shape index (κ3) is 4.25. The Kier molecular flexibility index (Phi) is 6.61. The maximum absolute atomic E-state index is 13.1. The summed E-state index contributed by atoms with van der Waals surface area (Å²) >= 11 is 0. The molecule has 2 aromatic carbocycles. The van der Waals surface area contributed by atoms with Crippen molar-refractivity contribution in [2.45, 2.75) is 27.7 Å². The van der Waals surface area contributed by atoms with Crippen LogP contribution in [0, 0.1) is 6.92 Å². The van der Waals surface area contributed by atoms with Crippen LogP contribution in [0.25, 0.3) is 0 Å². The molecule has 0 saturated heterocycles. The van der Waals surface area contributed by atoms with E-state index in [4.69, 9.17) is 4.74 Å². The van der Waals surface area contributed by atoms with Crippen molar-refractivity contribution in [3.63, 3.8) is 0 Å². The number of hydrazone groups is 1. The van der Waals surface area contributed by atoms with Crippen molar-refractivity contribution in [1.29, 1.82) is 0 Å². The molecule has 0 fully saturated rings. The maximum Gasteiger partial charge on any atom is 0.361 e. The van der Waals surface area contributed by atoms with Crippen LogP contribution in [0.3, 0.4) is 0 Å². The van der Waals surface area contributed by atoms with Gasteiger partial charge >= 0.3 is 5.97 Å². The first kappa shape index (κ1) is 21.2. The molecule has 0 saturated carbocycles. The van der Waals surface area contributed by atoms with E-state index in [2.05, 4.69) is 28.8 Å². The van der Waals surface area contributed by atoms with Crippen molar-refractivity contribution < 1.29 is 14.3 Å². The van der Waals surface area contributed by atoms with E-state index in [0.717, 1.165) is 24.3 Å². The molecule has 2 aromatic rings. The number of aryl methyl sites for hydroxylation is 1. The van der Waals surface area contributed by atoms with Gasteiger partial charge in [-0.05, 0) is 63.6 Å². The van der Waals surface area contributed by atoms with Gasteiger partial charge < -0.3 is 9.64 Å². The summed E-state index contributed by atoms with van der Waals surface area (Å²) in [6.45, 7) is 9.82. The van der Waals surface area contributed by atoms with Crippen LogP contribution in [0.1, 0.15) is 26.3 Å². The Balaban J connectivity index is 2.02. The zero-order chi connectivity index (χ0) is 21.7. The number of benzene rings is 2. The van der Waals surface area contributed by atoms with Gasteiger partial charge in [0.2, 0.25) is 5.71 Å². The smallest absolute Gasteiger partial charge is 0.361 e. The molecule has 1 heterocycles. The molecule has 0 unspecified atom stereocenters. The third-order valence-electron chi connectivity index (χ3n) is 4.83. The third-order valence-corrected chi connectivity index (χ3v) is 4.83. The van der Waals surface area contributed by atoms with Gasteiger partial charge in [0.15, 0.2) is 5.71 Å². The summed E-state index contributed by atoms with van der Waals surface area (Å²) in [5.74, 6) is -1.13. The molecule has 1 amide bonds. The lowest BCUT2D eigenvalue weighted by molar-refractivity contribution is -0.134. The Morgan fingerprint density at radius 1 is 1.10 bits per heavy atom. The number of anilines is 2. The number of aliphatic imine (C=N–C) groups is 1. The van der Waals surface area contributed by atoms with Crippen LogP contribution in [0.5, 0.6) is 0 Å². The molecular weight excluding hydrogens is 380 g/mol. The summed E-state index contributed by atoms with van der Waals surface area (Å²) in [6.07, 6.45) is 0. The summed E-state index contributed by atoms with van der Waals surface area (Å²) in [5, 5.41) is 5.41. The Morgan fingerprint density at radius 2 is 1.80 bits per heavy atom.